The highest BCUT2D eigenvalue weighted by Gasteiger charge is 2.09. The first-order valence-electron chi connectivity index (χ1n) is 5.36. The summed E-state index contributed by atoms with van der Waals surface area (Å²) in [5.74, 6) is 0.667. The van der Waals surface area contributed by atoms with E-state index >= 15 is 0 Å². The SMILES string of the molecule is COCc1cc(=O)c2c(C)ccc(OC)c2[nH]1. The first kappa shape index (κ1) is 11.7. The third-order valence-corrected chi connectivity index (χ3v) is 2.73. The lowest BCUT2D eigenvalue weighted by Gasteiger charge is -2.09. The van der Waals surface area contributed by atoms with Crippen LogP contribution in [0, 0.1) is 6.92 Å². The van der Waals surface area contributed by atoms with Gasteiger partial charge < -0.3 is 14.5 Å². The summed E-state index contributed by atoms with van der Waals surface area (Å²) in [6, 6.07) is 5.30. The second-order valence-electron chi connectivity index (χ2n) is 3.93. The molecule has 4 nitrogen and oxygen atoms in total. The lowest BCUT2D eigenvalue weighted by atomic mass is 10.1. The highest BCUT2D eigenvalue weighted by atomic mass is 16.5. The summed E-state index contributed by atoms with van der Waals surface area (Å²) in [5, 5.41) is 0.671. The van der Waals surface area contributed by atoms with Gasteiger partial charge in [-0.1, -0.05) is 6.07 Å². The van der Waals surface area contributed by atoms with E-state index in [1.807, 2.05) is 19.1 Å². The molecule has 2 rings (SSSR count). The fourth-order valence-corrected chi connectivity index (χ4v) is 1.96. The third-order valence-electron chi connectivity index (χ3n) is 2.73. The Bertz CT molecular complexity index is 601. The van der Waals surface area contributed by atoms with Gasteiger partial charge in [0.25, 0.3) is 0 Å². The van der Waals surface area contributed by atoms with Gasteiger partial charge in [-0.2, -0.15) is 0 Å². The van der Waals surface area contributed by atoms with Crippen molar-refractivity contribution in [3.63, 3.8) is 0 Å². The summed E-state index contributed by atoms with van der Waals surface area (Å²) in [4.78, 5) is 15.2. The number of aromatic nitrogens is 1. The molecule has 0 atom stereocenters. The van der Waals surface area contributed by atoms with E-state index in [0.29, 0.717) is 17.7 Å². The molecule has 0 fully saturated rings. The van der Waals surface area contributed by atoms with Gasteiger partial charge in [-0.3, -0.25) is 4.79 Å². The van der Waals surface area contributed by atoms with E-state index in [2.05, 4.69) is 4.98 Å². The molecule has 0 unspecified atom stereocenters. The predicted molar refractivity (Wildman–Crippen MR) is 66.6 cm³/mol. The molecule has 0 bridgehead atoms. The van der Waals surface area contributed by atoms with Gasteiger partial charge in [0, 0.05) is 18.9 Å². The minimum Gasteiger partial charge on any atom is -0.495 e. The Morgan fingerprint density at radius 1 is 1.29 bits per heavy atom. The van der Waals surface area contributed by atoms with Crippen molar-refractivity contribution >= 4 is 10.9 Å². The Morgan fingerprint density at radius 3 is 2.71 bits per heavy atom. The molecule has 17 heavy (non-hydrogen) atoms. The zero-order valence-corrected chi connectivity index (χ0v) is 10.2. The van der Waals surface area contributed by atoms with Crippen LogP contribution >= 0.6 is 0 Å². The Hall–Kier alpha value is -1.81. The normalized spacial score (nSPS) is 10.8. The Labute approximate surface area is 99.2 Å². The summed E-state index contributed by atoms with van der Waals surface area (Å²) in [6.45, 7) is 2.29. The molecule has 1 heterocycles. The molecule has 1 N–H and O–H groups in total. The maximum absolute atomic E-state index is 12.0. The van der Waals surface area contributed by atoms with Crippen molar-refractivity contribution in [3.8, 4) is 5.75 Å². The number of methoxy groups -OCH3 is 2. The maximum Gasteiger partial charge on any atom is 0.190 e. The smallest absolute Gasteiger partial charge is 0.190 e. The maximum atomic E-state index is 12.0. The number of hydrogen-bond acceptors (Lipinski definition) is 3. The zero-order valence-electron chi connectivity index (χ0n) is 10.2. The van der Waals surface area contributed by atoms with E-state index in [1.165, 1.54) is 0 Å². The number of pyridine rings is 1. The van der Waals surface area contributed by atoms with Crippen molar-refractivity contribution in [3.05, 3.63) is 39.7 Å². The molecule has 1 aromatic heterocycles. The molecule has 0 spiro atoms. The summed E-state index contributed by atoms with van der Waals surface area (Å²) >= 11 is 0. The lowest BCUT2D eigenvalue weighted by molar-refractivity contribution is 0.181. The standard InChI is InChI=1S/C13H15NO3/c1-8-4-5-11(17-3)13-12(8)10(15)6-9(14-13)7-16-2/h4-6H,7H2,1-3H3,(H,14,15). The first-order valence-corrected chi connectivity index (χ1v) is 5.36. The van der Waals surface area contributed by atoms with E-state index in [1.54, 1.807) is 20.3 Å². The van der Waals surface area contributed by atoms with Crippen LogP contribution in [-0.4, -0.2) is 19.2 Å². The summed E-state index contributed by atoms with van der Waals surface area (Å²) in [7, 11) is 3.18. The molecule has 0 radical (unpaired) electrons. The van der Waals surface area contributed by atoms with E-state index < -0.39 is 0 Å². The molecule has 2 aromatic rings. The average molecular weight is 233 g/mol. The number of aromatic amines is 1. The van der Waals surface area contributed by atoms with Crippen molar-refractivity contribution in [2.75, 3.05) is 14.2 Å². The molecular formula is C13H15NO3. The van der Waals surface area contributed by atoms with Crippen LogP contribution in [0.1, 0.15) is 11.3 Å². The number of hydrogen-bond donors (Lipinski definition) is 1. The van der Waals surface area contributed by atoms with Crippen LogP contribution < -0.4 is 10.2 Å². The highest BCUT2D eigenvalue weighted by molar-refractivity contribution is 5.87. The molecule has 0 aliphatic heterocycles. The van der Waals surface area contributed by atoms with Gasteiger partial charge in [-0.05, 0) is 18.6 Å². The fraction of sp³-hybridized carbons (Fsp3) is 0.308. The third kappa shape index (κ3) is 2.03. The molecular weight excluding hydrogens is 218 g/mol. The van der Waals surface area contributed by atoms with Crippen LogP contribution in [0.4, 0.5) is 0 Å². The van der Waals surface area contributed by atoms with Crippen LogP contribution in [0.2, 0.25) is 0 Å². The fourth-order valence-electron chi connectivity index (χ4n) is 1.96. The monoisotopic (exact) mass is 233 g/mol. The second-order valence-corrected chi connectivity index (χ2v) is 3.93. The molecule has 0 saturated carbocycles. The Kier molecular flexibility index (Phi) is 3.15. The molecule has 0 aliphatic rings. The van der Waals surface area contributed by atoms with Crippen molar-refractivity contribution in [2.45, 2.75) is 13.5 Å². The van der Waals surface area contributed by atoms with Crippen LogP contribution in [-0.2, 0) is 11.3 Å². The number of rotatable bonds is 3. The summed E-state index contributed by atoms with van der Waals surface area (Å²) in [6.07, 6.45) is 0. The van der Waals surface area contributed by atoms with Gasteiger partial charge >= 0.3 is 0 Å². The first-order chi connectivity index (χ1) is 8.17. The average Bonchev–Trinajstić information content (AvgIpc) is 2.29. The largest absolute Gasteiger partial charge is 0.495 e. The summed E-state index contributed by atoms with van der Waals surface area (Å²) < 4.78 is 10.3. The Morgan fingerprint density at radius 2 is 2.06 bits per heavy atom. The predicted octanol–water partition coefficient (Wildman–Crippen LogP) is 1.99. The van der Waals surface area contributed by atoms with Crippen molar-refractivity contribution < 1.29 is 9.47 Å². The molecule has 4 heteroatoms. The van der Waals surface area contributed by atoms with Crippen LogP contribution in [0.25, 0.3) is 10.9 Å². The molecule has 0 aliphatic carbocycles. The van der Waals surface area contributed by atoms with Crippen molar-refractivity contribution in [1.82, 2.24) is 4.98 Å². The molecule has 1 aromatic carbocycles. The molecule has 0 amide bonds. The van der Waals surface area contributed by atoms with E-state index in [4.69, 9.17) is 9.47 Å². The number of ether oxygens (including phenoxy) is 2. The van der Waals surface area contributed by atoms with Gasteiger partial charge in [0.1, 0.15) is 5.75 Å². The van der Waals surface area contributed by atoms with Gasteiger partial charge in [-0.25, -0.2) is 0 Å². The van der Waals surface area contributed by atoms with Gasteiger partial charge in [-0.15, -0.1) is 0 Å². The van der Waals surface area contributed by atoms with Gasteiger partial charge in [0.15, 0.2) is 5.43 Å². The van der Waals surface area contributed by atoms with E-state index in [-0.39, 0.29) is 5.43 Å². The number of benzene rings is 1. The van der Waals surface area contributed by atoms with Gasteiger partial charge in [0.05, 0.1) is 24.6 Å². The van der Waals surface area contributed by atoms with E-state index in [9.17, 15) is 4.79 Å². The summed E-state index contributed by atoms with van der Waals surface area (Å²) in [5.41, 5.74) is 2.40. The van der Waals surface area contributed by atoms with Crippen LogP contribution in [0.15, 0.2) is 23.0 Å². The topological polar surface area (TPSA) is 51.3 Å². The highest BCUT2D eigenvalue weighted by Crippen LogP contribution is 2.24. The van der Waals surface area contributed by atoms with Crippen molar-refractivity contribution in [2.24, 2.45) is 0 Å². The van der Waals surface area contributed by atoms with Crippen LogP contribution in [0.5, 0.6) is 5.75 Å². The van der Waals surface area contributed by atoms with E-state index in [0.717, 1.165) is 16.8 Å². The van der Waals surface area contributed by atoms with Crippen molar-refractivity contribution in [1.29, 1.82) is 0 Å². The van der Waals surface area contributed by atoms with Crippen LogP contribution in [0.3, 0.4) is 0 Å². The van der Waals surface area contributed by atoms with Gasteiger partial charge in [0.2, 0.25) is 0 Å². The second kappa shape index (κ2) is 4.59. The minimum atomic E-state index is -0.0119. The molecule has 90 valence electrons. The Balaban J connectivity index is 2.80. The quantitative estimate of drug-likeness (QED) is 0.882. The number of aryl methyl sites for hydroxylation is 1. The molecule has 0 saturated heterocycles. The minimum absolute atomic E-state index is 0.0119. The number of H-pyrrole nitrogens is 1. The number of fused-ring (bicyclic) bond motifs is 1. The number of nitrogens with one attached hydrogen (secondary N) is 1. The zero-order chi connectivity index (χ0) is 12.4. The lowest BCUT2D eigenvalue weighted by Crippen LogP contribution is -2.08.